The lowest BCUT2D eigenvalue weighted by atomic mass is 9.99. The van der Waals surface area contributed by atoms with Gasteiger partial charge in [0.15, 0.2) is 6.29 Å². The molecule has 0 aromatic carbocycles. The summed E-state index contributed by atoms with van der Waals surface area (Å²) in [5, 5.41) is 12.0. The van der Waals surface area contributed by atoms with Crippen LogP contribution in [0, 0.1) is 0 Å². The molecule has 0 saturated carbocycles. The van der Waals surface area contributed by atoms with Crippen molar-refractivity contribution in [3.63, 3.8) is 0 Å². The third-order valence-electron chi connectivity index (χ3n) is 2.38. The van der Waals surface area contributed by atoms with Crippen LogP contribution >= 0.6 is 0 Å². The topological polar surface area (TPSA) is 84.9 Å². The van der Waals surface area contributed by atoms with Crippen LogP contribution in [0.25, 0.3) is 0 Å². The minimum absolute atomic E-state index is 0.210. The van der Waals surface area contributed by atoms with Crippen LogP contribution in [0.4, 0.5) is 0 Å². The second-order valence-electron chi connectivity index (χ2n) is 3.91. The fourth-order valence-corrected chi connectivity index (χ4v) is 1.83. The van der Waals surface area contributed by atoms with Gasteiger partial charge in [-0.25, -0.2) is 0 Å². The van der Waals surface area contributed by atoms with E-state index in [0.717, 1.165) is 0 Å². The molecule has 1 saturated heterocycles. The van der Waals surface area contributed by atoms with Crippen LogP contribution in [-0.2, 0) is 19.1 Å². The van der Waals surface area contributed by atoms with E-state index in [4.69, 9.17) is 9.47 Å². The van der Waals surface area contributed by atoms with Crippen molar-refractivity contribution in [2.24, 2.45) is 0 Å². The van der Waals surface area contributed by atoms with Crippen LogP contribution in [0.15, 0.2) is 0 Å². The average molecular weight is 231 g/mol. The predicted octanol–water partition coefficient (Wildman–Crippen LogP) is -0.450. The van der Waals surface area contributed by atoms with E-state index < -0.39 is 30.5 Å². The molecule has 16 heavy (non-hydrogen) atoms. The molecule has 6 heteroatoms. The molecule has 92 valence electrons. The van der Waals surface area contributed by atoms with Crippen molar-refractivity contribution in [2.45, 2.75) is 51.7 Å². The minimum atomic E-state index is -0.946. The van der Waals surface area contributed by atoms with Crippen LogP contribution in [-0.4, -0.2) is 41.5 Å². The Labute approximate surface area is 93.9 Å². The summed E-state index contributed by atoms with van der Waals surface area (Å²) < 4.78 is 10.2. The quantitative estimate of drug-likeness (QED) is 0.629. The summed E-state index contributed by atoms with van der Waals surface area (Å²) >= 11 is 0. The van der Waals surface area contributed by atoms with Gasteiger partial charge in [-0.1, -0.05) is 0 Å². The van der Waals surface area contributed by atoms with Gasteiger partial charge >= 0.3 is 5.97 Å². The van der Waals surface area contributed by atoms with E-state index in [1.165, 1.54) is 13.8 Å². The van der Waals surface area contributed by atoms with Gasteiger partial charge < -0.3 is 19.9 Å². The first-order valence-corrected chi connectivity index (χ1v) is 5.18. The molecule has 0 spiro atoms. The second kappa shape index (κ2) is 5.27. The lowest BCUT2D eigenvalue weighted by Crippen LogP contribution is -2.56. The second-order valence-corrected chi connectivity index (χ2v) is 3.91. The van der Waals surface area contributed by atoms with E-state index in [0.29, 0.717) is 0 Å². The highest BCUT2D eigenvalue weighted by Gasteiger charge is 2.38. The van der Waals surface area contributed by atoms with Crippen LogP contribution < -0.4 is 5.32 Å². The van der Waals surface area contributed by atoms with E-state index in [9.17, 15) is 14.7 Å². The van der Waals surface area contributed by atoms with Crippen molar-refractivity contribution >= 4 is 11.9 Å². The standard InChI is InChI=1S/C10H17NO5/c1-5-10(16-7(3)13)8(11-6(2)12)4-9(14)15-5/h5,8-10,14H,4H2,1-3H3,(H,11,12). The molecule has 4 unspecified atom stereocenters. The van der Waals surface area contributed by atoms with Crippen LogP contribution in [0.3, 0.4) is 0 Å². The van der Waals surface area contributed by atoms with Crippen LogP contribution in [0.1, 0.15) is 27.2 Å². The number of aliphatic hydroxyl groups excluding tert-OH is 1. The molecule has 0 aromatic heterocycles. The van der Waals surface area contributed by atoms with Gasteiger partial charge in [-0.15, -0.1) is 0 Å². The van der Waals surface area contributed by atoms with Crippen LogP contribution in [0.5, 0.6) is 0 Å². The molecule has 0 aromatic rings. The number of aliphatic hydroxyl groups is 1. The first-order chi connectivity index (χ1) is 7.40. The van der Waals surface area contributed by atoms with E-state index >= 15 is 0 Å². The minimum Gasteiger partial charge on any atom is -0.458 e. The number of amides is 1. The number of carbonyl (C=O) groups is 2. The lowest BCUT2D eigenvalue weighted by Gasteiger charge is -2.38. The van der Waals surface area contributed by atoms with Crippen molar-refractivity contribution in [3.05, 3.63) is 0 Å². The Morgan fingerprint density at radius 2 is 2.06 bits per heavy atom. The smallest absolute Gasteiger partial charge is 0.303 e. The first-order valence-electron chi connectivity index (χ1n) is 5.18. The van der Waals surface area contributed by atoms with Crippen LogP contribution in [0.2, 0.25) is 0 Å². The summed E-state index contributed by atoms with van der Waals surface area (Å²) in [6, 6.07) is -0.417. The molecule has 2 N–H and O–H groups in total. The zero-order valence-corrected chi connectivity index (χ0v) is 9.60. The Bertz CT molecular complexity index is 280. The number of nitrogens with one attached hydrogen (secondary N) is 1. The molecule has 1 heterocycles. The highest BCUT2D eigenvalue weighted by Crippen LogP contribution is 2.21. The maximum Gasteiger partial charge on any atom is 0.303 e. The summed E-state index contributed by atoms with van der Waals surface area (Å²) in [7, 11) is 0. The van der Waals surface area contributed by atoms with E-state index in [1.54, 1.807) is 6.92 Å². The highest BCUT2D eigenvalue weighted by atomic mass is 16.6. The Hall–Kier alpha value is -1.14. The van der Waals surface area contributed by atoms with Crippen molar-refractivity contribution in [3.8, 4) is 0 Å². The lowest BCUT2D eigenvalue weighted by molar-refractivity contribution is -0.214. The van der Waals surface area contributed by atoms with Crippen molar-refractivity contribution in [2.75, 3.05) is 0 Å². The molecule has 0 bridgehead atoms. The van der Waals surface area contributed by atoms with Gasteiger partial charge in [-0.3, -0.25) is 9.59 Å². The van der Waals surface area contributed by atoms with Gasteiger partial charge in [0.2, 0.25) is 5.91 Å². The maximum absolute atomic E-state index is 11.0. The Morgan fingerprint density at radius 3 is 2.56 bits per heavy atom. The third kappa shape index (κ3) is 3.46. The number of hydrogen-bond donors (Lipinski definition) is 2. The zero-order chi connectivity index (χ0) is 12.3. The van der Waals surface area contributed by atoms with Gasteiger partial charge in [-0.05, 0) is 6.92 Å². The monoisotopic (exact) mass is 231 g/mol. The molecular weight excluding hydrogens is 214 g/mol. The molecule has 1 aliphatic rings. The average Bonchev–Trinajstić information content (AvgIpc) is 2.09. The fourth-order valence-electron chi connectivity index (χ4n) is 1.83. The predicted molar refractivity (Wildman–Crippen MR) is 54.3 cm³/mol. The summed E-state index contributed by atoms with van der Waals surface area (Å²) in [6.07, 6.45) is -1.75. The molecule has 1 rings (SSSR count). The molecule has 1 fully saturated rings. The van der Waals surface area contributed by atoms with Crippen molar-refractivity contribution in [1.82, 2.24) is 5.32 Å². The maximum atomic E-state index is 11.0. The Balaban J connectivity index is 2.71. The number of esters is 1. The number of carbonyl (C=O) groups excluding carboxylic acids is 2. The molecule has 0 radical (unpaired) electrons. The number of rotatable bonds is 2. The van der Waals surface area contributed by atoms with Gasteiger partial charge in [0.05, 0.1) is 12.1 Å². The molecule has 6 nitrogen and oxygen atoms in total. The van der Waals surface area contributed by atoms with Crippen molar-refractivity contribution in [1.29, 1.82) is 0 Å². The third-order valence-corrected chi connectivity index (χ3v) is 2.38. The SMILES string of the molecule is CC(=O)NC1CC(O)OC(C)C1OC(C)=O. The molecular formula is C10H17NO5. The largest absolute Gasteiger partial charge is 0.458 e. The zero-order valence-electron chi connectivity index (χ0n) is 9.60. The number of ether oxygens (including phenoxy) is 2. The Kier molecular flexibility index (Phi) is 4.26. The van der Waals surface area contributed by atoms with E-state index in [-0.39, 0.29) is 12.3 Å². The Morgan fingerprint density at radius 1 is 1.44 bits per heavy atom. The molecule has 4 atom stereocenters. The molecule has 1 amide bonds. The normalized spacial score (nSPS) is 34.2. The molecule has 0 aliphatic carbocycles. The summed E-state index contributed by atoms with van der Waals surface area (Å²) in [4.78, 5) is 21.9. The summed E-state index contributed by atoms with van der Waals surface area (Å²) in [6.45, 7) is 4.35. The van der Waals surface area contributed by atoms with E-state index in [1.807, 2.05) is 0 Å². The van der Waals surface area contributed by atoms with Gasteiger partial charge in [0.25, 0.3) is 0 Å². The van der Waals surface area contributed by atoms with E-state index in [2.05, 4.69) is 5.32 Å². The van der Waals surface area contributed by atoms with Gasteiger partial charge in [0.1, 0.15) is 6.10 Å². The van der Waals surface area contributed by atoms with Gasteiger partial charge in [-0.2, -0.15) is 0 Å². The number of hydrogen-bond acceptors (Lipinski definition) is 5. The highest BCUT2D eigenvalue weighted by molar-refractivity contribution is 5.73. The first kappa shape index (κ1) is 12.9. The van der Waals surface area contributed by atoms with Crippen molar-refractivity contribution < 1.29 is 24.2 Å². The summed E-state index contributed by atoms with van der Waals surface area (Å²) in [5.74, 6) is -0.671. The fraction of sp³-hybridized carbons (Fsp3) is 0.800. The molecule has 1 aliphatic heterocycles. The summed E-state index contributed by atoms with van der Waals surface area (Å²) in [5.41, 5.74) is 0. The van der Waals surface area contributed by atoms with Gasteiger partial charge in [0, 0.05) is 20.3 Å².